The topological polar surface area (TPSA) is 62.1 Å². The highest BCUT2D eigenvalue weighted by Crippen LogP contribution is 2.34. The van der Waals surface area contributed by atoms with Crippen LogP contribution in [0.1, 0.15) is 23.4 Å². The van der Waals surface area contributed by atoms with Gasteiger partial charge in [0.15, 0.2) is 5.82 Å². The summed E-state index contributed by atoms with van der Waals surface area (Å²) in [5, 5.41) is 6.03. The quantitative estimate of drug-likeness (QED) is 0.672. The number of hydrogen-bond acceptors (Lipinski definition) is 5. The monoisotopic (exact) mass is 358 g/mol. The standard InChI is InChI=1S/C18H19ClN4O2/c1-11-6-15(18(24-3)4-5-25-10-18)21-17(7-11)23-14-8-16(19)20-9-13(14)12(2)22-23/h6-9H,4-5,10H2,1-3H3/t18-/m0/s1. The molecule has 130 valence electrons. The van der Waals surface area contributed by atoms with Crippen LogP contribution in [0.5, 0.6) is 0 Å². The zero-order valence-corrected chi connectivity index (χ0v) is 15.2. The van der Waals surface area contributed by atoms with E-state index < -0.39 is 5.60 Å². The first-order valence-electron chi connectivity index (χ1n) is 8.16. The molecule has 25 heavy (non-hydrogen) atoms. The maximum atomic E-state index is 6.09. The minimum absolute atomic E-state index is 0.430. The highest BCUT2D eigenvalue weighted by molar-refractivity contribution is 6.30. The average Bonchev–Trinajstić information content (AvgIpc) is 3.20. The van der Waals surface area contributed by atoms with Gasteiger partial charge in [-0.25, -0.2) is 14.6 Å². The molecule has 0 amide bonds. The van der Waals surface area contributed by atoms with Crippen molar-refractivity contribution in [2.75, 3.05) is 20.3 Å². The van der Waals surface area contributed by atoms with Crippen LogP contribution in [-0.4, -0.2) is 40.1 Å². The Labute approximate surface area is 150 Å². The summed E-state index contributed by atoms with van der Waals surface area (Å²) < 4.78 is 13.2. The van der Waals surface area contributed by atoms with Crippen molar-refractivity contribution in [2.45, 2.75) is 25.9 Å². The van der Waals surface area contributed by atoms with Gasteiger partial charge in [0.1, 0.15) is 10.8 Å². The second-order valence-corrected chi connectivity index (χ2v) is 6.80. The molecule has 1 atom stereocenters. The van der Waals surface area contributed by atoms with Gasteiger partial charge in [-0.1, -0.05) is 11.6 Å². The molecule has 1 aliphatic heterocycles. The summed E-state index contributed by atoms with van der Waals surface area (Å²) in [6.07, 6.45) is 2.53. The molecule has 0 N–H and O–H groups in total. The number of pyridine rings is 2. The van der Waals surface area contributed by atoms with E-state index in [2.05, 4.69) is 16.1 Å². The number of hydrogen-bond donors (Lipinski definition) is 0. The van der Waals surface area contributed by atoms with Crippen LogP contribution in [0, 0.1) is 13.8 Å². The Balaban J connectivity index is 1.91. The zero-order chi connectivity index (χ0) is 17.6. The molecule has 1 aliphatic rings. The summed E-state index contributed by atoms with van der Waals surface area (Å²) in [6, 6.07) is 5.86. The van der Waals surface area contributed by atoms with Crippen molar-refractivity contribution in [2.24, 2.45) is 0 Å². The van der Waals surface area contributed by atoms with Crippen molar-refractivity contribution in [1.82, 2.24) is 19.7 Å². The molecule has 0 saturated carbocycles. The van der Waals surface area contributed by atoms with Crippen molar-refractivity contribution in [1.29, 1.82) is 0 Å². The van der Waals surface area contributed by atoms with Gasteiger partial charge in [-0.15, -0.1) is 0 Å². The van der Waals surface area contributed by atoms with E-state index in [0.29, 0.717) is 18.4 Å². The number of rotatable bonds is 3. The molecule has 0 bridgehead atoms. The Bertz CT molecular complexity index is 948. The van der Waals surface area contributed by atoms with Crippen LogP contribution in [-0.2, 0) is 15.1 Å². The van der Waals surface area contributed by atoms with Gasteiger partial charge in [-0.2, -0.15) is 5.10 Å². The third kappa shape index (κ3) is 2.70. The van der Waals surface area contributed by atoms with Gasteiger partial charge in [0.25, 0.3) is 0 Å². The SMILES string of the molecule is CO[C@@]1(c2cc(C)cc(-n3nc(C)c4cnc(Cl)cc43)n2)CCOC1. The van der Waals surface area contributed by atoms with E-state index in [9.17, 15) is 0 Å². The Kier molecular flexibility index (Phi) is 3.98. The minimum atomic E-state index is -0.502. The third-order valence-electron chi connectivity index (χ3n) is 4.73. The molecule has 0 aliphatic carbocycles. The molecule has 3 aromatic rings. The van der Waals surface area contributed by atoms with Crippen LogP contribution < -0.4 is 0 Å². The molecule has 1 fully saturated rings. The number of halogens is 1. The fourth-order valence-corrected chi connectivity index (χ4v) is 3.46. The number of nitrogens with zero attached hydrogens (tertiary/aromatic N) is 4. The third-order valence-corrected chi connectivity index (χ3v) is 4.94. The van der Waals surface area contributed by atoms with E-state index in [4.69, 9.17) is 26.1 Å². The maximum absolute atomic E-state index is 6.09. The predicted molar refractivity (Wildman–Crippen MR) is 95.3 cm³/mol. The van der Waals surface area contributed by atoms with Crippen molar-refractivity contribution in [3.8, 4) is 5.82 Å². The van der Waals surface area contributed by atoms with Crippen molar-refractivity contribution < 1.29 is 9.47 Å². The highest BCUT2D eigenvalue weighted by Gasteiger charge is 2.38. The minimum Gasteiger partial charge on any atom is -0.378 e. The van der Waals surface area contributed by atoms with Gasteiger partial charge in [-0.3, -0.25) is 0 Å². The smallest absolute Gasteiger partial charge is 0.154 e. The van der Waals surface area contributed by atoms with Gasteiger partial charge in [0.2, 0.25) is 0 Å². The average molecular weight is 359 g/mol. The summed E-state index contributed by atoms with van der Waals surface area (Å²) in [6.45, 7) is 5.17. The molecular formula is C18H19ClN4O2. The van der Waals surface area contributed by atoms with Gasteiger partial charge < -0.3 is 9.47 Å². The summed E-state index contributed by atoms with van der Waals surface area (Å²) in [5.74, 6) is 0.735. The van der Waals surface area contributed by atoms with Crippen LogP contribution in [0.15, 0.2) is 24.4 Å². The fraction of sp³-hybridized carbons (Fsp3) is 0.389. The molecule has 1 saturated heterocycles. The Morgan fingerprint density at radius 2 is 2.12 bits per heavy atom. The van der Waals surface area contributed by atoms with E-state index in [1.807, 2.05) is 30.7 Å². The largest absolute Gasteiger partial charge is 0.378 e. The van der Waals surface area contributed by atoms with Gasteiger partial charge >= 0.3 is 0 Å². The molecule has 4 heterocycles. The van der Waals surface area contributed by atoms with Gasteiger partial charge in [0, 0.05) is 37.8 Å². The number of aromatic nitrogens is 4. The first kappa shape index (κ1) is 16.4. The molecule has 0 spiro atoms. The van der Waals surface area contributed by atoms with Crippen molar-refractivity contribution in [3.63, 3.8) is 0 Å². The summed E-state index contributed by atoms with van der Waals surface area (Å²) in [7, 11) is 1.71. The normalized spacial score (nSPS) is 20.5. The second kappa shape index (κ2) is 6.05. The van der Waals surface area contributed by atoms with E-state index in [-0.39, 0.29) is 0 Å². The van der Waals surface area contributed by atoms with Gasteiger partial charge in [-0.05, 0) is 31.5 Å². The zero-order valence-electron chi connectivity index (χ0n) is 14.4. The molecule has 7 heteroatoms. The molecule has 3 aromatic heterocycles. The van der Waals surface area contributed by atoms with Crippen LogP contribution in [0.2, 0.25) is 5.15 Å². The van der Waals surface area contributed by atoms with Crippen LogP contribution in [0.4, 0.5) is 0 Å². The molecule has 0 radical (unpaired) electrons. The lowest BCUT2D eigenvalue weighted by atomic mass is 9.97. The molecule has 0 unspecified atom stereocenters. The summed E-state index contributed by atoms with van der Waals surface area (Å²) in [4.78, 5) is 9.01. The molecule has 4 rings (SSSR count). The summed E-state index contributed by atoms with van der Waals surface area (Å²) in [5.41, 5.74) is 3.22. The first-order chi connectivity index (χ1) is 12.0. The van der Waals surface area contributed by atoms with Crippen molar-refractivity contribution in [3.05, 3.63) is 46.5 Å². The molecule has 6 nitrogen and oxygen atoms in total. The lowest BCUT2D eigenvalue weighted by Gasteiger charge is -2.26. The van der Waals surface area contributed by atoms with Crippen LogP contribution in [0.3, 0.4) is 0 Å². The number of aryl methyl sites for hydroxylation is 2. The Morgan fingerprint density at radius 3 is 2.84 bits per heavy atom. The van der Waals surface area contributed by atoms with Crippen LogP contribution >= 0.6 is 11.6 Å². The number of fused-ring (bicyclic) bond motifs is 1. The van der Waals surface area contributed by atoms with E-state index >= 15 is 0 Å². The Hall–Kier alpha value is -2.02. The highest BCUT2D eigenvalue weighted by atomic mass is 35.5. The molecular weight excluding hydrogens is 340 g/mol. The lowest BCUT2D eigenvalue weighted by Crippen LogP contribution is -2.30. The van der Waals surface area contributed by atoms with Gasteiger partial charge in [0.05, 0.1) is 23.5 Å². The second-order valence-electron chi connectivity index (χ2n) is 6.41. The number of methoxy groups -OCH3 is 1. The first-order valence-corrected chi connectivity index (χ1v) is 8.53. The Morgan fingerprint density at radius 1 is 1.28 bits per heavy atom. The van der Waals surface area contributed by atoms with Crippen LogP contribution in [0.25, 0.3) is 16.7 Å². The fourth-order valence-electron chi connectivity index (χ4n) is 3.31. The lowest BCUT2D eigenvalue weighted by molar-refractivity contribution is -0.0246. The molecule has 0 aromatic carbocycles. The van der Waals surface area contributed by atoms with Crippen molar-refractivity contribution >= 4 is 22.5 Å². The maximum Gasteiger partial charge on any atom is 0.154 e. The van der Waals surface area contributed by atoms with E-state index in [1.165, 1.54) is 0 Å². The predicted octanol–water partition coefficient (Wildman–Crippen LogP) is 3.35. The number of ether oxygens (including phenoxy) is 2. The van der Waals surface area contributed by atoms with E-state index in [1.54, 1.807) is 13.3 Å². The van der Waals surface area contributed by atoms with E-state index in [0.717, 1.165) is 40.1 Å². The summed E-state index contributed by atoms with van der Waals surface area (Å²) >= 11 is 6.09.